The fourth-order valence-electron chi connectivity index (χ4n) is 3.18. The van der Waals surface area contributed by atoms with Crippen molar-refractivity contribution in [2.75, 3.05) is 13.7 Å². The first-order chi connectivity index (χ1) is 16.5. The van der Waals surface area contributed by atoms with Crippen LogP contribution in [0.5, 0.6) is 0 Å². The van der Waals surface area contributed by atoms with Crippen LogP contribution in [-0.4, -0.2) is 44.0 Å². The Kier molecular flexibility index (Phi) is 13.5. The van der Waals surface area contributed by atoms with Crippen molar-refractivity contribution in [1.82, 2.24) is 5.32 Å². The molecule has 6 nitrogen and oxygen atoms in total. The number of aliphatic imine (C=N–C) groups is 1. The van der Waals surface area contributed by atoms with Crippen LogP contribution in [-0.2, 0) is 20.5 Å². The molecule has 0 heterocycles. The van der Waals surface area contributed by atoms with Crippen LogP contribution in [0.1, 0.15) is 55.8 Å². The molecule has 0 spiro atoms. The fourth-order valence-corrected chi connectivity index (χ4v) is 3.18. The van der Waals surface area contributed by atoms with Gasteiger partial charge in [-0.2, -0.15) is 13.2 Å². The number of carbonyl (C=O) groups is 2. The third kappa shape index (κ3) is 9.48. The summed E-state index contributed by atoms with van der Waals surface area (Å²) in [5.74, 6) is -0.695. The lowest BCUT2D eigenvalue weighted by Gasteiger charge is -2.34. The van der Waals surface area contributed by atoms with Crippen molar-refractivity contribution in [3.63, 3.8) is 0 Å². The van der Waals surface area contributed by atoms with Crippen LogP contribution in [0.4, 0.5) is 17.6 Å². The van der Waals surface area contributed by atoms with Gasteiger partial charge in [0.15, 0.2) is 0 Å². The van der Waals surface area contributed by atoms with Crippen LogP contribution in [0.25, 0.3) is 0 Å². The summed E-state index contributed by atoms with van der Waals surface area (Å²) < 4.78 is 58.8. The Morgan fingerprint density at radius 2 is 1.60 bits per heavy atom. The van der Waals surface area contributed by atoms with Gasteiger partial charge >= 0.3 is 6.18 Å². The molecular weight excluding hydrogens is 468 g/mol. The molecule has 0 aliphatic rings. The van der Waals surface area contributed by atoms with Gasteiger partial charge in [0.05, 0.1) is 11.6 Å². The molecular formula is C25H32F4N2O4. The predicted molar refractivity (Wildman–Crippen MR) is 127 cm³/mol. The van der Waals surface area contributed by atoms with Gasteiger partial charge in [0.1, 0.15) is 25.0 Å². The summed E-state index contributed by atoms with van der Waals surface area (Å²) in [6, 6.07) is 10.8. The average Bonchev–Trinajstić information content (AvgIpc) is 2.85. The number of halogens is 4. The van der Waals surface area contributed by atoms with E-state index < -0.39 is 29.2 Å². The van der Waals surface area contributed by atoms with Gasteiger partial charge in [-0.15, -0.1) is 0 Å². The van der Waals surface area contributed by atoms with Crippen molar-refractivity contribution >= 4 is 19.6 Å². The maximum atomic E-state index is 14.2. The lowest BCUT2D eigenvalue weighted by molar-refractivity contribution is -0.137. The lowest BCUT2D eigenvalue weighted by atomic mass is 9.86. The van der Waals surface area contributed by atoms with Crippen LogP contribution >= 0.6 is 0 Å². The number of rotatable bonds is 7. The fraction of sp³-hybridized carbons (Fsp3) is 0.400. The normalized spacial score (nSPS) is 13.3. The first-order valence-corrected chi connectivity index (χ1v) is 10.5. The molecule has 0 fully saturated rings. The first kappa shape index (κ1) is 31.7. The smallest absolute Gasteiger partial charge is 0.416 e. The number of aliphatic hydroxyl groups excluding tert-OH is 1. The highest BCUT2D eigenvalue weighted by molar-refractivity contribution is 5.74. The molecule has 35 heavy (non-hydrogen) atoms. The third-order valence-corrected chi connectivity index (χ3v) is 5.34. The summed E-state index contributed by atoms with van der Waals surface area (Å²) in [7, 11) is 1.51. The number of carbonyl (C=O) groups excluding carboxylic acids is 2. The number of amidine groups is 1. The van der Waals surface area contributed by atoms with Crippen molar-refractivity contribution in [3.05, 3.63) is 71.0 Å². The molecule has 0 amide bonds. The predicted octanol–water partition coefficient (Wildman–Crippen LogP) is 5.07. The number of benzene rings is 2. The monoisotopic (exact) mass is 500 g/mol. The zero-order valence-electron chi connectivity index (χ0n) is 20.2. The Morgan fingerprint density at radius 1 is 1.06 bits per heavy atom. The second-order valence-electron chi connectivity index (χ2n) is 7.81. The molecule has 1 unspecified atom stereocenters. The molecule has 2 rings (SSSR count). The molecule has 194 valence electrons. The van der Waals surface area contributed by atoms with Crippen molar-refractivity contribution in [2.45, 2.75) is 50.9 Å². The van der Waals surface area contributed by atoms with Gasteiger partial charge in [-0.1, -0.05) is 37.3 Å². The minimum absolute atomic E-state index is 0.144. The van der Waals surface area contributed by atoms with E-state index in [0.717, 1.165) is 12.1 Å². The van der Waals surface area contributed by atoms with Gasteiger partial charge in [-0.3, -0.25) is 0 Å². The molecule has 0 bridgehead atoms. The summed E-state index contributed by atoms with van der Waals surface area (Å²) in [5.41, 5.74) is -0.513. The Morgan fingerprint density at radius 3 is 2.06 bits per heavy atom. The number of alkyl halides is 3. The van der Waals surface area contributed by atoms with E-state index in [1.165, 1.54) is 25.2 Å². The van der Waals surface area contributed by atoms with Crippen molar-refractivity contribution in [2.24, 2.45) is 4.99 Å². The van der Waals surface area contributed by atoms with Crippen LogP contribution < -0.4 is 5.32 Å². The lowest BCUT2D eigenvalue weighted by Crippen LogP contribution is -2.41. The number of hydrogen-bond acceptors (Lipinski definition) is 5. The Bertz CT molecular complexity index is 916. The molecule has 0 aliphatic carbocycles. The maximum absolute atomic E-state index is 14.2. The van der Waals surface area contributed by atoms with Gasteiger partial charge in [-0.25, -0.2) is 9.38 Å². The molecule has 2 aromatic carbocycles. The Labute approximate surface area is 203 Å². The molecule has 0 radical (unpaired) electrons. The Hall–Kier alpha value is -3.27. The first-order valence-electron chi connectivity index (χ1n) is 10.5. The van der Waals surface area contributed by atoms with Crippen molar-refractivity contribution in [1.29, 1.82) is 0 Å². The molecule has 10 heteroatoms. The number of hydrogen-bond donors (Lipinski definition) is 2. The van der Waals surface area contributed by atoms with Crippen LogP contribution in [0, 0.1) is 5.82 Å². The van der Waals surface area contributed by atoms with E-state index in [-0.39, 0.29) is 25.0 Å². The summed E-state index contributed by atoms with van der Waals surface area (Å²) in [5, 5.41) is 12.4. The minimum Gasteiger partial charge on any atom is -0.459 e. The van der Waals surface area contributed by atoms with Crippen LogP contribution in [0.2, 0.25) is 0 Å². The standard InChI is InChI=1S/C23H28F4N2O2.2CH2O/c1-15(16-9-11-17(12-10-16)23(25,26)27)22(2,3)31-21(28-4)29-20(13-14-30)18-7-5-6-8-19(18)24;2*1-2/h5-12,15,20,30H,13-14H2,1-4H3,(H,28,29);2*1H2/t15?,20-;;/m0../s1. The molecule has 2 atom stereocenters. The molecule has 0 saturated carbocycles. The Balaban J connectivity index is 0.00000274. The third-order valence-electron chi connectivity index (χ3n) is 5.34. The summed E-state index contributed by atoms with van der Waals surface area (Å²) in [6.07, 6.45) is -4.16. The van der Waals surface area contributed by atoms with E-state index in [2.05, 4.69) is 10.3 Å². The van der Waals surface area contributed by atoms with Gasteiger partial charge < -0.3 is 24.7 Å². The minimum atomic E-state index is -4.39. The highest BCUT2D eigenvalue weighted by atomic mass is 19.4. The van der Waals surface area contributed by atoms with Crippen LogP contribution in [0.15, 0.2) is 53.5 Å². The SMILES string of the molecule is C=O.C=O.CN=C(N[C@@H](CCO)c1ccccc1F)OC(C)(C)C(C)c1ccc(C(F)(F)F)cc1. The summed E-state index contributed by atoms with van der Waals surface area (Å²) in [6.45, 7) is 9.27. The molecule has 0 saturated heterocycles. The van der Waals surface area contributed by atoms with Gasteiger partial charge in [0, 0.05) is 25.1 Å². The molecule has 2 aromatic rings. The molecule has 0 aliphatic heterocycles. The molecule has 2 N–H and O–H groups in total. The molecule has 0 aromatic heterocycles. The number of nitrogens with one attached hydrogen (secondary N) is 1. The zero-order valence-corrected chi connectivity index (χ0v) is 20.2. The summed E-state index contributed by atoms with van der Waals surface area (Å²) >= 11 is 0. The highest BCUT2D eigenvalue weighted by Gasteiger charge is 2.33. The second-order valence-corrected chi connectivity index (χ2v) is 7.81. The van der Waals surface area contributed by atoms with Crippen molar-refractivity contribution < 1.29 is 37.0 Å². The van der Waals surface area contributed by atoms with Gasteiger partial charge in [0.2, 0.25) is 0 Å². The average molecular weight is 501 g/mol. The maximum Gasteiger partial charge on any atom is 0.416 e. The second kappa shape index (κ2) is 14.9. The number of ether oxygens (including phenoxy) is 1. The van der Waals surface area contributed by atoms with Gasteiger partial charge in [0.25, 0.3) is 6.02 Å². The van der Waals surface area contributed by atoms with E-state index in [1.807, 2.05) is 20.5 Å². The van der Waals surface area contributed by atoms with Crippen molar-refractivity contribution in [3.8, 4) is 0 Å². The number of aliphatic hydroxyl groups is 1. The van der Waals surface area contributed by atoms with E-state index in [4.69, 9.17) is 14.3 Å². The number of nitrogens with zero attached hydrogens (tertiary/aromatic N) is 1. The largest absolute Gasteiger partial charge is 0.459 e. The van der Waals surface area contributed by atoms with Gasteiger partial charge in [-0.05, 0) is 44.0 Å². The van der Waals surface area contributed by atoms with Crippen LogP contribution in [0.3, 0.4) is 0 Å². The highest BCUT2D eigenvalue weighted by Crippen LogP contribution is 2.34. The summed E-state index contributed by atoms with van der Waals surface area (Å²) in [4.78, 5) is 20.1. The quantitative estimate of drug-likeness (QED) is 0.315. The topological polar surface area (TPSA) is 88.0 Å². The van der Waals surface area contributed by atoms with E-state index in [1.54, 1.807) is 32.0 Å². The zero-order chi connectivity index (χ0) is 27.2. The van der Waals surface area contributed by atoms with E-state index >= 15 is 0 Å². The van der Waals surface area contributed by atoms with E-state index in [9.17, 15) is 22.7 Å². The van der Waals surface area contributed by atoms with E-state index in [0.29, 0.717) is 11.1 Å².